The third kappa shape index (κ3) is 2.81. The summed E-state index contributed by atoms with van der Waals surface area (Å²) in [5.41, 5.74) is 8.75. The van der Waals surface area contributed by atoms with Gasteiger partial charge in [0, 0.05) is 18.8 Å². The normalized spacial score (nSPS) is 21.1. The molecule has 2 nitrogen and oxygen atoms in total. The van der Waals surface area contributed by atoms with Crippen molar-refractivity contribution in [2.45, 2.75) is 26.7 Å². The summed E-state index contributed by atoms with van der Waals surface area (Å²) in [5.74, 6) is 1.37. The zero-order valence-corrected chi connectivity index (χ0v) is 11.0. The number of rotatable bonds is 4. The quantitative estimate of drug-likeness (QED) is 0.865. The molecule has 0 amide bonds. The SMILES string of the molecule is CCC(CN)CN1CC(C)Cc2ccccc21. The van der Waals surface area contributed by atoms with Crippen LogP contribution in [0.25, 0.3) is 0 Å². The van der Waals surface area contributed by atoms with Gasteiger partial charge < -0.3 is 10.6 Å². The largest absolute Gasteiger partial charge is 0.371 e. The Balaban J connectivity index is 2.17. The third-order valence-corrected chi connectivity index (χ3v) is 3.82. The van der Waals surface area contributed by atoms with E-state index in [1.54, 1.807) is 0 Å². The Kier molecular flexibility index (Phi) is 4.06. The first-order valence-electron chi connectivity index (χ1n) is 6.77. The van der Waals surface area contributed by atoms with Crippen LogP contribution in [0.4, 0.5) is 5.69 Å². The Morgan fingerprint density at radius 2 is 2.18 bits per heavy atom. The average molecular weight is 232 g/mol. The van der Waals surface area contributed by atoms with Crippen molar-refractivity contribution in [2.75, 3.05) is 24.5 Å². The summed E-state index contributed by atoms with van der Waals surface area (Å²) in [4.78, 5) is 2.53. The summed E-state index contributed by atoms with van der Waals surface area (Å²) >= 11 is 0. The average Bonchev–Trinajstić information content (AvgIpc) is 2.35. The Morgan fingerprint density at radius 3 is 2.88 bits per heavy atom. The number of para-hydroxylation sites is 1. The van der Waals surface area contributed by atoms with Gasteiger partial charge in [-0.3, -0.25) is 0 Å². The molecule has 0 aliphatic carbocycles. The van der Waals surface area contributed by atoms with Crippen LogP contribution in [0.15, 0.2) is 24.3 Å². The minimum Gasteiger partial charge on any atom is -0.371 e. The maximum atomic E-state index is 5.83. The molecule has 2 unspecified atom stereocenters. The van der Waals surface area contributed by atoms with Gasteiger partial charge >= 0.3 is 0 Å². The maximum absolute atomic E-state index is 5.83. The fraction of sp³-hybridized carbons (Fsp3) is 0.600. The topological polar surface area (TPSA) is 29.3 Å². The van der Waals surface area contributed by atoms with E-state index in [0.29, 0.717) is 5.92 Å². The zero-order chi connectivity index (χ0) is 12.3. The molecule has 1 aliphatic rings. The van der Waals surface area contributed by atoms with Gasteiger partial charge in [0.25, 0.3) is 0 Å². The second-order valence-electron chi connectivity index (χ2n) is 5.35. The highest BCUT2D eigenvalue weighted by Crippen LogP contribution is 2.30. The molecule has 2 N–H and O–H groups in total. The van der Waals surface area contributed by atoms with E-state index in [9.17, 15) is 0 Å². The second kappa shape index (κ2) is 5.54. The number of nitrogens with zero attached hydrogens (tertiary/aromatic N) is 1. The Labute approximate surface area is 105 Å². The molecule has 94 valence electrons. The zero-order valence-electron chi connectivity index (χ0n) is 11.0. The first-order valence-corrected chi connectivity index (χ1v) is 6.77. The lowest BCUT2D eigenvalue weighted by atomic mass is 9.92. The molecule has 1 aromatic carbocycles. The molecule has 0 radical (unpaired) electrons. The molecule has 0 saturated carbocycles. The number of hydrogen-bond donors (Lipinski definition) is 1. The lowest BCUT2D eigenvalue weighted by Crippen LogP contribution is -2.39. The number of anilines is 1. The summed E-state index contributed by atoms with van der Waals surface area (Å²) in [6.07, 6.45) is 2.38. The van der Waals surface area contributed by atoms with Gasteiger partial charge in [0.15, 0.2) is 0 Å². The molecule has 17 heavy (non-hydrogen) atoms. The number of nitrogens with two attached hydrogens (primary N) is 1. The van der Waals surface area contributed by atoms with E-state index in [1.807, 2.05) is 0 Å². The molecule has 0 aromatic heterocycles. The van der Waals surface area contributed by atoms with Gasteiger partial charge in [-0.2, -0.15) is 0 Å². The van der Waals surface area contributed by atoms with Crippen molar-refractivity contribution in [3.8, 4) is 0 Å². The first kappa shape index (κ1) is 12.4. The summed E-state index contributed by atoms with van der Waals surface area (Å²) in [6.45, 7) is 7.65. The van der Waals surface area contributed by atoms with Gasteiger partial charge in [-0.25, -0.2) is 0 Å². The molecule has 2 heteroatoms. The van der Waals surface area contributed by atoms with Gasteiger partial charge in [0.2, 0.25) is 0 Å². The predicted octanol–water partition coefficient (Wildman–Crippen LogP) is 2.67. The van der Waals surface area contributed by atoms with Crippen molar-refractivity contribution < 1.29 is 0 Å². The smallest absolute Gasteiger partial charge is 0.0399 e. The Bertz CT molecular complexity index is 358. The molecule has 2 atom stereocenters. The van der Waals surface area contributed by atoms with Crippen LogP contribution in [0.2, 0.25) is 0 Å². The summed E-state index contributed by atoms with van der Waals surface area (Å²) in [6, 6.07) is 8.81. The number of hydrogen-bond acceptors (Lipinski definition) is 2. The second-order valence-corrected chi connectivity index (χ2v) is 5.35. The van der Waals surface area contributed by atoms with E-state index >= 15 is 0 Å². The standard InChI is InChI=1S/C15H24N2/c1-3-13(9-16)11-17-10-12(2)8-14-6-4-5-7-15(14)17/h4-7,12-13H,3,8-11,16H2,1-2H3. The number of benzene rings is 1. The fourth-order valence-electron chi connectivity index (χ4n) is 2.76. The van der Waals surface area contributed by atoms with E-state index in [2.05, 4.69) is 43.0 Å². The van der Waals surface area contributed by atoms with E-state index < -0.39 is 0 Å². The van der Waals surface area contributed by atoms with Gasteiger partial charge in [-0.1, -0.05) is 38.5 Å². The third-order valence-electron chi connectivity index (χ3n) is 3.82. The Hall–Kier alpha value is -1.02. The van der Waals surface area contributed by atoms with Gasteiger partial charge in [0.05, 0.1) is 0 Å². The van der Waals surface area contributed by atoms with Gasteiger partial charge in [-0.05, 0) is 36.4 Å². The van der Waals surface area contributed by atoms with Crippen LogP contribution in [0, 0.1) is 11.8 Å². The van der Waals surface area contributed by atoms with Crippen LogP contribution in [0.1, 0.15) is 25.8 Å². The molecule has 0 fully saturated rings. The van der Waals surface area contributed by atoms with Crippen LogP contribution in [0.5, 0.6) is 0 Å². The van der Waals surface area contributed by atoms with Gasteiger partial charge in [0.1, 0.15) is 0 Å². The number of fused-ring (bicyclic) bond motifs is 1. The molecule has 2 rings (SSSR count). The lowest BCUT2D eigenvalue weighted by Gasteiger charge is -2.36. The van der Waals surface area contributed by atoms with Crippen LogP contribution in [-0.4, -0.2) is 19.6 Å². The minimum atomic E-state index is 0.619. The minimum absolute atomic E-state index is 0.619. The van der Waals surface area contributed by atoms with Crippen LogP contribution in [0.3, 0.4) is 0 Å². The summed E-state index contributed by atoms with van der Waals surface area (Å²) in [5, 5.41) is 0. The molecule has 0 bridgehead atoms. The van der Waals surface area contributed by atoms with Crippen molar-refractivity contribution in [2.24, 2.45) is 17.6 Å². The summed E-state index contributed by atoms with van der Waals surface area (Å²) in [7, 11) is 0. The van der Waals surface area contributed by atoms with E-state index in [0.717, 1.165) is 19.0 Å². The van der Waals surface area contributed by atoms with Crippen molar-refractivity contribution in [3.63, 3.8) is 0 Å². The molecule has 1 aromatic rings. The summed E-state index contributed by atoms with van der Waals surface area (Å²) < 4.78 is 0. The molecular weight excluding hydrogens is 208 g/mol. The molecular formula is C15H24N2. The van der Waals surface area contributed by atoms with Crippen LogP contribution >= 0.6 is 0 Å². The van der Waals surface area contributed by atoms with E-state index in [4.69, 9.17) is 5.73 Å². The van der Waals surface area contributed by atoms with Crippen molar-refractivity contribution in [1.29, 1.82) is 0 Å². The monoisotopic (exact) mass is 232 g/mol. The first-order chi connectivity index (χ1) is 8.24. The Morgan fingerprint density at radius 1 is 1.41 bits per heavy atom. The highest BCUT2D eigenvalue weighted by atomic mass is 15.1. The van der Waals surface area contributed by atoms with Crippen molar-refractivity contribution in [1.82, 2.24) is 0 Å². The van der Waals surface area contributed by atoms with E-state index in [1.165, 1.54) is 30.6 Å². The highest BCUT2D eigenvalue weighted by molar-refractivity contribution is 5.55. The van der Waals surface area contributed by atoms with Gasteiger partial charge in [-0.15, -0.1) is 0 Å². The molecule has 1 heterocycles. The maximum Gasteiger partial charge on any atom is 0.0399 e. The fourth-order valence-corrected chi connectivity index (χ4v) is 2.76. The van der Waals surface area contributed by atoms with E-state index in [-0.39, 0.29) is 0 Å². The molecule has 1 aliphatic heterocycles. The predicted molar refractivity (Wildman–Crippen MR) is 74.4 cm³/mol. The molecule has 0 spiro atoms. The van der Waals surface area contributed by atoms with Crippen LogP contribution < -0.4 is 10.6 Å². The lowest BCUT2D eigenvalue weighted by molar-refractivity contribution is 0.462. The molecule has 0 saturated heterocycles. The van der Waals surface area contributed by atoms with Crippen LogP contribution in [-0.2, 0) is 6.42 Å². The van der Waals surface area contributed by atoms with Crippen molar-refractivity contribution in [3.05, 3.63) is 29.8 Å². The highest BCUT2D eigenvalue weighted by Gasteiger charge is 2.22. The van der Waals surface area contributed by atoms with Crippen molar-refractivity contribution >= 4 is 5.69 Å².